The highest BCUT2D eigenvalue weighted by molar-refractivity contribution is 6.31. The summed E-state index contributed by atoms with van der Waals surface area (Å²) in [5.74, 6) is -1.15. The van der Waals surface area contributed by atoms with Gasteiger partial charge in [0.05, 0.1) is 5.02 Å². The van der Waals surface area contributed by atoms with Crippen LogP contribution in [0.15, 0.2) is 36.4 Å². The van der Waals surface area contributed by atoms with Gasteiger partial charge in [-0.05, 0) is 42.5 Å². The molecule has 2 heterocycles. The van der Waals surface area contributed by atoms with Crippen LogP contribution in [-0.4, -0.2) is 41.1 Å². The fourth-order valence-electron chi connectivity index (χ4n) is 5.45. The molecule has 1 spiro atoms. The van der Waals surface area contributed by atoms with Crippen LogP contribution < -0.4 is 11.1 Å². The molecule has 4 N–H and O–H groups in total. The molecule has 0 unspecified atom stereocenters. The maximum Gasteiger partial charge on any atom is 0.250 e. The van der Waals surface area contributed by atoms with Gasteiger partial charge in [0.1, 0.15) is 11.4 Å². The second-order valence-electron chi connectivity index (χ2n) is 9.06. The predicted octanol–water partition coefficient (Wildman–Crippen LogP) is 4.50. The number of nitrogens with one attached hydrogen (secondary N) is 1. The first-order chi connectivity index (χ1) is 15.2. The van der Waals surface area contributed by atoms with Crippen molar-refractivity contribution >= 4 is 34.8 Å². The number of aliphatic hydroxyl groups is 1. The van der Waals surface area contributed by atoms with Gasteiger partial charge in [0.2, 0.25) is 5.91 Å². The second kappa shape index (κ2) is 8.92. The number of hydrogen-bond acceptors (Lipinski definition) is 4. The summed E-state index contributed by atoms with van der Waals surface area (Å²) in [7, 11) is 0. The van der Waals surface area contributed by atoms with Gasteiger partial charge in [0, 0.05) is 47.4 Å². The molecule has 0 aromatic heterocycles. The molecule has 4 rings (SSSR count). The van der Waals surface area contributed by atoms with E-state index in [1.165, 1.54) is 6.07 Å². The van der Waals surface area contributed by atoms with Crippen LogP contribution in [0, 0.1) is 11.7 Å². The molecule has 5 nitrogen and oxygen atoms in total. The van der Waals surface area contributed by atoms with Gasteiger partial charge in [-0.1, -0.05) is 55.2 Å². The molecule has 2 aliphatic heterocycles. The lowest BCUT2D eigenvalue weighted by Crippen LogP contribution is -2.52. The Kier molecular flexibility index (Phi) is 6.54. The zero-order chi connectivity index (χ0) is 23.2. The average molecular weight is 480 g/mol. The molecule has 1 fully saturated rings. The normalized spacial score (nSPS) is 27.4. The maximum absolute atomic E-state index is 15.4. The van der Waals surface area contributed by atoms with E-state index in [4.69, 9.17) is 28.9 Å². The molecule has 8 heteroatoms. The number of likely N-dealkylation sites (tertiary alicyclic amines) is 1. The number of halogens is 3. The first kappa shape index (κ1) is 23.5. The van der Waals surface area contributed by atoms with Crippen LogP contribution in [0.2, 0.25) is 10.0 Å². The number of benzene rings is 2. The molecular weight excluding hydrogens is 452 g/mol. The molecule has 32 heavy (non-hydrogen) atoms. The van der Waals surface area contributed by atoms with E-state index in [0.717, 1.165) is 12.0 Å². The predicted molar refractivity (Wildman–Crippen MR) is 126 cm³/mol. The summed E-state index contributed by atoms with van der Waals surface area (Å²) in [5.41, 5.74) is 7.18. The van der Waals surface area contributed by atoms with Crippen LogP contribution in [0.3, 0.4) is 0 Å². The number of fused-ring (bicyclic) bond motifs is 2. The van der Waals surface area contributed by atoms with E-state index in [-0.39, 0.29) is 23.6 Å². The third-order valence-corrected chi connectivity index (χ3v) is 7.34. The fraction of sp³-hybridized carbons (Fsp3) is 0.458. The van der Waals surface area contributed by atoms with Gasteiger partial charge in [-0.3, -0.25) is 9.69 Å². The highest BCUT2D eigenvalue weighted by Crippen LogP contribution is 2.57. The SMILES string of the molecule is CC(C)CCN1[C@@H](CCO)[C@@H](N)[C@H](c2cccc(Cl)c2F)[C@]12C(=O)Nc1cc(Cl)ccc12. The van der Waals surface area contributed by atoms with Crippen molar-refractivity contribution in [2.45, 2.75) is 50.2 Å². The Hall–Kier alpha value is -1.70. The standard InChI is InChI=1S/C24H28Cl2FN3O2/c1-13(2)8-10-30-19(9-11-31)22(28)20(15-4-3-5-17(26)21(15)27)24(30)16-7-6-14(25)12-18(16)29-23(24)32/h3-7,12-13,19-20,22,31H,8-11,28H2,1-2H3,(H,29,32)/t19-,20-,22+,24+/m0/s1. The van der Waals surface area contributed by atoms with Crippen molar-refractivity contribution in [3.8, 4) is 0 Å². The third-order valence-electron chi connectivity index (χ3n) is 6.81. The topological polar surface area (TPSA) is 78.6 Å². The lowest BCUT2D eigenvalue weighted by Gasteiger charge is -2.40. The number of carbonyl (C=O) groups excluding carboxylic acids is 1. The van der Waals surface area contributed by atoms with Crippen molar-refractivity contribution in [2.24, 2.45) is 11.7 Å². The largest absolute Gasteiger partial charge is 0.396 e. The number of anilines is 1. The lowest BCUT2D eigenvalue weighted by molar-refractivity contribution is -0.128. The van der Waals surface area contributed by atoms with E-state index in [2.05, 4.69) is 24.1 Å². The van der Waals surface area contributed by atoms with Crippen LogP contribution in [0.25, 0.3) is 0 Å². The minimum Gasteiger partial charge on any atom is -0.396 e. The van der Waals surface area contributed by atoms with E-state index in [1.54, 1.807) is 24.3 Å². The monoisotopic (exact) mass is 479 g/mol. The zero-order valence-electron chi connectivity index (χ0n) is 18.1. The van der Waals surface area contributed by atoms with Gasteiger partial charge in [-0.2, -0.15) is 0 Å². The summed E-state index contributed by atoms with van der Waals surface area (Å²) < 4.78 is 15.4. The Bertz CT molecular complexity index is 1030. The van der Waals surface area contributed by atoms with Gasteiger partial charge >= 0.3 is 0 Å². The van der Waals surface area contributed by atoms with Gasteiger partial charge in [0.25, 0.3) is 0 Å². The summed E-state index contributed by atoms with van der Waals surface area (Å²) in [6.45, 7) is 4.71. The summed E-state index contributed by atoms with van der Waals surface area (Å²) in [4.78, 5) is 15.9. The summed E-state index contributed by atoms with van der Waals surface area (Å²) in [5, 5.41) is 13.3. The van der Waals surface area contributed by atoms with E-state index in [0.29, 0.717) is 35.2 Å². The first-order valence-corrected chi connectivity index (χ1v) is 11.7. The van der Waals surface area contributed by atoms with Gasteiger partial charge < -0.3 is 16.2 Å². The Balaban J connectivity index is 1.99. The van der Waals surface area contributed by atoms with Gasteiger partial charge in [-0.15, -0.1) is 0 Å². The average Bonchev–Trinajstić information content (AvgIpc) is 3.14. The van der Waals surface area contributed by atoms with Crippen molar-refractivity contribution in [1.82, 2.24) is 4.90 Å². The zero-order valence-corrected chi connectivity index (χ0v) is 19.6. The molecule has 0 bridgehead atoms. The molecule has 0 radical (unpaired) electrons. The van der Waals surface area contributed by atoms with Crippen molar-refractivity contribution in [2.75, 3.05) is 18.5 Å². The highest BCUT2D eigenvalue weighted by Gasteiger charge is 2.66. The molecule has 172 valence electrons. The number of hydrogen-bond donors (Lipinski definition) is 3. The molecule has 2 aliphatic rings. The first-order valence-electron chi connectivity index (χ1n) is 10.9. The van der Waals surface area contributed by atoms with Crippen molar-refractivity contribution in [3.63, 3.8) is 0 Å². The van der Waals surface area contributed by atoms with Gasteiger partial charge in [0.15, 0.2) is 0 Å². The minimum absolute atomic E-state index is 0.0149. The van der Waals surface area contributed by atoms with Crippen LogP contribution in [-0.2, 0) is 10.3 Å². The van der Waals surface area contributed by atoms with Crippen LogP contribution in [0.4, 0.5) is 10.1 Å². The molecule has 0 aliphatic carbocycles. The van der Waals surface area contributed by atoms with Crippen molar-refractivity contribution in [3.05, 3.63) is 63.4 Å². The molecule has 1 saturated heterocycles. The van der Waals surface area contributed by atoms with Crippen molar-refractivity contribution in [1.29, 1.82) is 0 Å². The van der Waals surface area contributed by atoms with Crippen LogP contribution in [0.5, 0.6) is 0 Å². The number of amides is 1. The quantitative estimate of drug-likeness (QED) is 0.569. The van der Waals surface area contributed by atoms with Crippen LogP contribution >= 0.6 is 23.2 Å². The van der Waals surface area contributed by atoms with E-state index in [1.807, 2.05) is 6.07 Å². The summed E-state index contributed by atoms with van der Waals surface area (Å²) >= 11 is 12.4. The maximum atomic E-state index is 15.4. The lowest BCUT2D eigenvalue weighted by atomic mass is 9.73. The summed E-state index contributed by atoms with van der Waals surface area (Å²) in [6, 6.07) is 9.15. The molecule has 2 aromatic carbocycles. The highest BCUT2D eigenvalue weighted by atomic mass is 35.5. The van der Waals surface area contributed by atoms with Crippen molar-refractivity contribution < 1.29 is 14.3 Å². The smallest absolute Gasteiger partial charge is 0.250 e. The fourth-order valence-corrected chi connectivity index (χ4v) is 5.80. The number of rotatable bonds is 6. The Morgan fingerprint density at radius 2 is 2.03 bits per heavy atom. The molecule has 2 aromatic rings. The van der Waals surface area contributed by atoms with E-state index >= 15 is 4.39 Å². The molecular formula is C24H28Cl2FN3O2. The van der Waals surface area contributed by atoms with Gasteiger partial charge in [-0.25, -0.2) is 4.39 Å². The summed E-state index contributed by atoms with van der Waals surface area (Å²) in [6.07, 6.45) is 1.19. The number of nitrogens with two attached hydrogens (primary N) is 1. The minimum atomic E-state index is -1.24. The van der Waals surface area contributed by atoms with Crippen LogP contribution in [0.1, 0.15) is 43.7 Å². The van der Waals surface area contributed by atoms with E-state index < -0.39 is 23.3 Å². The number of aliphatic hydroxyl groups excluding tert-OH is 1. The number of carbonyl (C=O) groups is 1. The number of nitrogens with zero attached hydrogens (tertiary/aromatic N) is 1. The second-order valence-corrected chi connectivity index (χ2v) is 9.91. The Morgan fingerprint density at radius 3 is 2.72 bits per heavy atom. The molecule has 4 atom stereocenters. The Morgan fingerprint density at radius 1 is 1.28 bits per heavy atom. The molecule has 1 amide bonds. The molecule has 0 saturated carbocycles. The third kappa shape index (κ3) is 3.53. The van der Waals surface area contributed by atoms with E-state index in [9.17, 15) is 9.90 Å². The Labute approximate surface area is 197 Å².